The number of nitrogens with one attached hydrogen (secondary N) is 3. The largest absolute Gasteiger partial charge is 0.493 e. The molecule has 0 unspecified atom stereocenters. The number of ether oxygens (including phenoxy) is 2. The van der Waals surface area contributed by atoms with Crippen LogP contribution in [0.5, 0.6) is 11.5 Å². The summed E-state index contributed by atoms with van der Waals surface area (Å²) < 4.78 is 10.4. The van der Waals surface area contributed by atoms with Crippen LogP contribution in [0.1, 0.15) is 20.7 Å². The quantitative estimate of drug-likeness (QED) is 0.452. The van der Waals surface area contributed by atoms with Crippen LogP contribution in [0.15, 0.2) is 66.7 Å². The van der Waals surface area contributed by atoms with E-state index in [4.69, 9.17) is 33.3 Å². The van der Waals surface area contributed by atoms with Crippen molar-refractivity contribution < 1.29 is 19.1 Å². The first-order chi connectivity index (χ1) is 15.4. The number of halogens is 1. The van der Waals surface area contributed by atoms with E-state index in [1.165, 1.54) is 14.2 Å². The van der Waals surface area contributed by atoms with E-state index in [9.17, 15) is 9.59 Å². The van der Waals surface area contributed by atoms with Crippen LogP contribution < -0.4 is 25.4 Å². The molecule has 3 aromatic carbocycles. The summed E-state index contributed by atoms with van der Waals surface area (Å²) in [4.78, 5) is 24.8. The number of carbonyl (C=O) groups excluding carboxylic acids is 2. The van der Waals surface area contributed by atoms with Crippen molar-refractivity contribution in [3.8, 4) is 11.5 Å². The van der Waals surface area contributed by atoms with Gasteiger partial charge in [-0.1, -0.05) is 17.7 Å². The molecular weight excluding hydrogens is 450 g/mol. The molecule has 3 aromatic rings. The number of amides is 2. The zero-order valence-electron chi connectivity index (χ0n) is 17.3. The lowest BCUT2D eigenvalue weighted by Gasteiger charge is -2.12. The standard InChI is InChI=1S/C23H20ClN3O4S/c1-30-19-11-6-15(13-20(19)31-2)22(29)27-23(32)26-18-9-7-17(8-10-18)25-21(28)14-4-3-5-16(24)12-14/h3-13H,1-2H3,(H,25,28)(H2,26,27,29,32). The minimum Gasteiger partial charge on any atom is -0.493 e. The monoisotopic (exact) mass is 469 g/mol. The molecule has 7 nitrogen and oxygen atoms in total. The van der Waals surface area contributed by atoms with Gasteiger partial charge in [0.2, 0.25) is 0 Å². The first-order valence-electron chi connectivity index (χ1n) is 9.41. The van der Waals surface area contributed by atoms with Crippen LogP contribution in [-0.4, -0.2) is 31.1 Å². The molecule has 3 rings (SSSR count). The summed E-state index contributed by atoms with van der Waals surface area (Å²) in [5, 5.41) is 8.94. The fraction of sp³-hybridized carbons (Fsp3) is 0.0870. The third-order valence-electron chi connectivity index (χ3n) is 4.36. The van der Waals surface area contributed by atoms with Gasteiger partial charge < -0.3 is 20.1 Å². The van der Waals surface area contributed by atoms with Crippen molar-refractivity contribution in [2.75, 3.05) is 24.9 Å². The molecule has 0 aliphatic rings. The van der Waals surface area contributed by atoms with Crippen molar-refractivity contribution in [2.45, 2.75) is 0 Å². The average Bonchev–Trinajstić information content (AvgIpc) is 2.79. The molecule has 0 saturated carbocycles. The molecule has 0 aromatic heterocycles. The van der Waals surface area contributed by atoms with Crippen LogP contribution in [0.2, 0.25) is 5.02 Å². The van der Waals surface area contributed by atoms with Crippen molar-refractivity contribution in [2.24, 2.45) is 0 Å². The molecule has 9 heteroatoms. The molecule has 3 N–H and O–H groups in total. The first-order valence-corrected chi connectivity index (χ1v) is 10.2. The Bertz CT molecular complexity index is 1150. The number of rotatable bonds is 6. The highest BCUT2D eigenvalue weighted by atomic mass is 35.5. The normalized spacial score (nSPS) is 10.1. The van der Waals surface area contributed by atoms with Gasteiger partial charge in [0.05, 0.1) is 14.2 Å². The second-order valence-corrected chi connectivity index (χ2v) is 7.36. The highest BCUT2D eigenvalue weighted by Crippen LogP contribution is 2.27. The summed E-state index contributed by atoms with van der Waals surface area (Å²) in [6.07, 6.45) is 0. The maximum Gasteiger partial charge on any atom is 0.257 e. The highest BCUT2D eigenvalue weighted by molar-refractivity contribution is 7.80. The minimum atomic E-state index is -0.395. The molecular formula is C23H20ClN3O4S. The van der Waals surface area contributed by atoms with Gasteiger partial charge in [0.25, 0.3) is 11.8 Å². The SMILES string of the molecule is COc1ccc(C(=O)NC(=S)Nc2ccc(NC(=O)c3cccc(Cl)c3)cc2)cc1OC. The van der Waals surface area contributed by atoms with Gasteiger partial charge in [-0.05, 0) is 72.9 Å². The fourth-order valence-electron chi connectivity index (χ4n) is 2.78. The van der Waals surface area contributed by atoms with Crippen molar-refractivity contribution in [1.82, 2.24) is 5.32 Å². The summed E-state index contributed by atoms with van der Waals surface area (Å²) >= 11 is 11.1. The second kappa shape index (κ2) is 10.6. The van der Waals surface area contributed by atoms with Crippen LogP contribution in [0, 0.1) is 0 Å². The maximum absolute atomic E-state index is 12.5. The Labute approximate surface area is 195 Å². The molecule has 0 heterocycles. The van der Waals surface area contributed by atoms with Crippen LogP contribution in [0.25, 0.3) is 0 Å². The van der Waals surface area contributed by atoms with Gasteiger partial charge >= 0.3 is 0 Å². The van der Waals surface area contributed by atoms with Crippen LogP contribution >= 0.6 is 23.8 Å². The summed E-state index contributed by atoms with van der Waals surface area (Å²) in [5.74, 6) is 0.293. The number of benzene rings is 3. The molecule has 164 valence electrons. The van der Waals surface area contributed by atoms with Crippen LogP contribution in [0.3, 0.4) is 0 Å². The number of hydrogen-bond acceptors (Lipinski definition) is 5. The van der Waals surface area contributed by atoms with Crippen molar-refractivity contribution in [1.29, 1.82) is 0 Å². The van der Waals surface area contributed by atoms with Crippen molar-refractivity contribution in [3.05, 3.63) is 82.9 Å². The summed E-state index contributed by atoms with van der Waals surface area (Å²) in [5.41, 5.74) is 2.06. The molecule has 0 radical (unpaired) electrons. The lowest BCUT2D eigenvalue weighted by Crippen LogP contribution is -2.34. The smallest absolute Gasteiger partial charge is 0.257 e. The van der Waals surface area contributed by atoms with Gasteiger partial charge in [0.1, 0.15) is 0 Å². The van der Waals surface area contributed by atoms with Gasteiger partial charge in [-0.15, -0.1) is 0 Å². The number of thiocarbonyl (C=S) groups is 1. The Hall–Kier alpha value is -3.62. The number of hydrogen-bond donors (Lipinski definition) is 3. The van der Waals surface area contributed by atoms with Crippen molar-refractivity contribution in [3.63, 3.8) is 0 Å². The molecule has 32 heavy (non-hydrogen) atoms. The molecule has 0 spiro atoms. The molecule has 0 fully saturated rings. The summed E-state index contributed by atoms with van der Waals surface area (Å²) in [6, 6.07) is 18.4. The first kappa shape index (κ1) is 23.1. The van der Waals surface area contributed by atoms with E-state index in [1.54, 1.807) is 66.7 Å². The zero-order chi connectivity index (χ0) is 23.1. The minimum absolute atomic E-state index is 0.125. The van der Waals surface area contributed by atoms with E-state index in [0.29, 0.717) is 39.0 Å². The van der Waals surface area contributed by atoms with E-state index in [0.717, 1.165) is 0 Å². The van der Waals surface area contributed by atoms with Gasteiger partial charge in [-0.2, -0.15) is 0 Å². The van der Waals surface area contributed by atoms with Gasteiger partial charge in [0.15, 0.2) is 16.6 Å². The lowest BCUT2D eigenvalue weighted by atomic mass is 10.2. The third-order valence-corrected chi connectivity index (χ3v) is 4.80. The summed E-state index contributed by atoms with van der Waals surface area (Å²) in [6.45, 7) is 0. The molecule has 0 bridgehead atoms. The highest BCUT2D eigenvalue weighted by Gasteiger charge is 2.12. The molecule has 0 aliphatic heterocycles. The Kier molecular flexibility index (Phi) is 7.64. The number of anilines is 2. The van der Waals surface area contributed by atoms with E-state index < -0.39 is 5.91 Å². The average molecular weight is 470 g/mol. The Morgan fingerprint density at radius 3 is 2.03 bits per heavy atom. The molecule has 2 amide bonds. The molecule has 0 aliphatic carbocycles. The Morgan fingerprint density at radius 2 is 1.41 bits per heavy atom. The fourth-order valence-corrected chi connectivity index (χ4v) is 3.19. The van der Waals surface area contributed by atoms with Crippen LogP contribution in [-0.2, 0) is 0 Å². The Morgan fingerprint density at radius 1 is 0.781 bits per heavy atom. The number of methoxy groups -OCH3 is 2. The predicted octanol–water partition coefficient (Wildman–Crippen LogP) is 4.74. The van der Waals surface area contributed by atoms with E-state index >= 15 is 0 Å². The zero-order valence-corrected chi connectivity index (χ0v) is 18.8. The Balaban J connectivity index is 1.57. The van der Waals surface area contributed by atoms with E-state index in [2.05, 4.69) is 16.0 Å². The van der Waals surface area contributed by atoms with Gasteiger partial charge in [-0.3, -0.25) is 14.9 Å². The number of carbonyl (C=O) groups is 2. The van der Waals surface area contributed by atoms with E-state index in [1.807, 2.05) is 0 Å². The lowest BCUT2D eigenvalue weighted by molar-refractivity contribution is 0.0976. The maximum atomic E-state index is 12.5. The third kappa shape index (κ3) is 5.96. The second-order valence-electron chi connectivity index (χ2n) is 6.52. The molecule has 0 saturated heterocycles. The summed E-state index contributed by atoms with van der Waals surface area (Å²) in [7, 11) is 3.01. The van der Waals surface area contributed by atoms with E-state index in [-0.39, 0.29) is 11.0 Å². The van der Waals surface area contributed by atoms with Crippen molar-refractivity contribution >= 4 is 52.1 Å². The van der Waals surface area contributed by atoms with Gasteiger partial charge in [0, 0.05) is 27.5 Å². The van der Waals surface area contributed by atoms with Crippen LogP contribution in [0.4, 0.5) is 11.4 Å². The molecule has 0 atom stereocenters. The predicted molar refractivity (Wildman–Crippen MR) is 129 cm³/mol. The van der Waals surface area contributed by atoms with Gasteiger partial charge in [-0.25, -0.2) is 0 Å². The topological polar surface area (TPSA) is 88.7 Å².